The highest BCUT2D eigenvalue weighted by Gasteiger charge is 2.16. The lowest BCUT2D eigenvalue weighted by molar-refractivity contribution is 0.973. The average molecular weight is 444 g/mol. The van der Waals surface area contributed by atoms with Gasteiger partial charge in [-0.2, -0.15) is 0 Å². The van der Waals surface area contributed by atoms with Crippen LogP contribution in [-0.4, -0.2) is 0 Å². The van der Waals surface area contributed by atoms with Gasteiger partial charge in [0, 0.05) is 16.6 Å². The lowest BCUT2D eigenvalue weighted by atomic mass is 9.84. The van der Waals surface area contributed by atoms with Crippen molar-refractivity contribution in [3.05, 3.63) is 106 Å². The van der Waals surface area contributed by atoms with Gasteiger partial charge in [0.1, 0.15) is 0 Å². The smallest absolute Gasteiger partial charge is 0.0339 e. The molecule has 2 heteroatoms. The fraction of sp³-hybridized carbons (Fsp3) is 0.182. The molecule has 0 amide bonds. The first-order chi connectivity index (χ1) is 11.7. The number of halogens is 2. The van der Waals surface area contributed by atoms with Crippen LogP contribution >= 0.6 is 31.9 Å². The van der Waals surface area contributed by atoms with Crippen molar-refractivity contribution < 1.29 is 0 Å². The van der Waals surface area contributed by atoms with Crippen molar-refractivity contribution in [2.24, 2.45) is 0 Å². The van der Waals surface area contributed by atoms with Crippen molar-refractivity contribution in [1.82, 2.24) is 0 Å². The summed E-state index contributed by atoms with van der Waals surface area (Å²) in [6, 6.07) is 26.7. The molecule has 0 fully saturated rings. The maximum Gasteiger partial charge on any atom is 0.0339 e. The molecule has 0 saturated heterocycles. The third-order valence-electron chi connectivity index (χ3n) is 4.35. The fourth-order valence-corrected chi connectivity index (χ4v) is 3.68. The molecule has 0 aromatic heterocycles. The summed E-state index contributed by atoms with van der Waals surface area (Å²) in [6.07, 6.45) is 0. The molecule has 0 bridgehead atoms. The van der Waals surface area contributed by atoms with E-state index in [1.54, 1.807) is 0 Å². The van der Waals surface area contributed by atoms with Crippen LogP contribution < -0.4 is 0 Å². The van der Waals surface area contributed by atoms with E-state index in [0.29, 0.717) is 0 Å². The number of aryl methyl sites for hydroxylation is 1. The van der Waals surface area contributed by atoms with E-state index in [1.807, 2.05) is 0 Å². The Morgan fingerprint density at radius 1 is 0.583 bits per heavy atom. The van der Waals surface area contributed by atoms with Gasteiger partial charge in [0.05, 0.1) is 0 Å². The molecule has 0 N–H and O–H groups in total. The highest BCUT2D eigenvalue weighted by Crippen LogP contribution is 2.32. The van der Waals surface area contributed by atoms with Crippen molar-refractivity contribution in [2.45, 2.75) is 23.5 Å². The molecule has 0 nitrogen and oxygen atoms in total. The quantitative estimate of drug-likeness (QED) is 0.295. The predicted octanol–water partition coefficient (Wildman–Crippen LogP) is 6.97. The van der Waals surface area contributed by atoms with Crippen molar-refractivity contribution in [3.63, 3.8) is 0 Å². The van der Waals surface area contributed by atoms with Crippen LogP contribution in [0.25, 0.3) is 0 Å². The Morgan fingerprint density at radius 2 is 0.917 bits per heavy atom. The second-order valence-electron chi connectivity index (χ2n) is 6.09. The third-order valence-corrected chi connectivity index (χ3v) is 5.64. The zero-order chi connectivity index (χ0) is 16.9. The van der Waals surface area contributed by atoms with E-state index < -0.39 is 0 Å². The molecule has 0 aliphatic heterocycles. The van der Waals surface area contributed by atoms with Gasteiger partial charge in [-0.3, -0.25) is 0 Å². The number of hydrogen-bond donors (Lipinski definition) is 0. The van der Waals surface area contributed by atoms with Crippen LogP contribution in [0.2, 0.25) is 0 Å². The summed E-state index contributed by atoms with van der Waals surface area (Å²) in [5, 5.41) is 1.78. The molecule has 3 aromatic carbocycles. The topological polar surface area (TPSA) is 0 Å². The molecule has 0 radical (unpaired) electrons. The fourth-order valence-electron chi connectivity index (χ4n) is 2.93. The summed E-state index contributed by atoms with van der Waals surface area (Å²) in [4.78, 5) is 0. The van der Waals surface area contributed by atoms with E-state index >= 15 is 0 Å². The molecule has 0 heterocycles. The monoisotopic (exact) mass is 442 g/mol. The Labute approximate surface area is 161 Å². The first kappa shape index (κ1) is 17.4. The van der Waals surface area contributed by atoms with Gasteiger partial charge < -0.3 is 0 Å². The molecule has 0 saturated carbocycles. The largest absolute Gasteiger partial charge is 0.0876 e. The van der Waals surface area contributed by atoms with Crippen LogP contribution in [0.3, 0.4) is 0 Å². The Hall–Kier alpha value is -1.38. The minimum Gasteiger partial charge on any atom is -0.0876 e. The molecule has 0 atom stereocenters. The molecule has 3 rings (SSSR count). The van der Waals surface area contributed by atoms with E-state index in [2.05, 4.69) is 112 Å². The first-order valence-corrected chi connectivity index (χ1v) is 10.3. The van der Waals surface area contributed by atoms with Crippen LogP contribution in [0, 0.1) is 6.92 Å². The SMILES string of the molecule is Cc1ccc(C(c2ccc(CBr)cc2)c2ccc(CBr)cc2)cc1. The molecule has 0 aliphatic rings. The van der Waals surface area contributed by atoms with Crippen LogP contribution in [0.4, 0.5) is 0 Å². The van der Waals surface area contributed by atoms with E-state index in [-0.39, 0.29) is 5.92 Å². The van der Waals surface area contributed by atoms with Crippen LogP contribution in [-0.2, 0) is 10.7 Å². The lowest BCUT2D eigenvalue weighted by Gasteiger charge is -2.20. The van der Waals surface area contributed by atoms with Crippen LogP contribution in [0.1, 0.15) is 39.3 Å². The molecular weight excluding hydrogens is 424 g/mol. The summed E-state index contributed by atoms with van der Waals surface area (Å²) in [7, 11) is 0. The second kappa shape index (κ2) is 8.13. The van der Waals surface area contributed by atoms with Gasteiger partial charge in [0.15, 0.2) is 0 Å². The van der Waals surface area contributed by atoms with Gasteiger partial charge in [-0.15, -0.1) is 0 Å². The normalized spacial score (nSPS) is 11.0. The van der Waals surface area contributed by atoms with Gasteiger partial charge in [-0.05, 0) is 34.7 Å². The standard InChI is InChI=1S/C22H20Br2/c1-16-2-8-19(9-3-16)22(20-10-4-17(14-23)5-11-20)21-12-6-18(15-24)7-13-21/h2-13,22H,14-15H2,1H3. The number of hydrogen-bond acceptors (Lipinski definition) is 0. The first-order valence-electron chi connectivity index (χ1n) is 8.07. The maximum atomic E-state index is 3.53. The Balaban J connectivity index is 2.06. The molecule has 0 spiro atoms. The van der Waals surface area contributed by atoms with Gasteiger partial charge in [0.25, 0.3) is 0 Å². The summed E-state index contributed by atoms with van der Waals surface area (Å²) in [6.45, 7) is 2.13. The Kier molecular flexibility index (Phi) is 5.91. The van der Waals surface area contributed by atoms with Crippen molar-refractivity contribution in [1.29, 1.82) is 0 Å². The summed E-state index contributed by atoms with van der Waals surface area (Å²) >= 11 is 7.06. The summed E-state index contributed by atoms with van der Waals surface area (Å²) < 4.78 is 0. The van der Waals surface area contributed by atoms with Gasteiger partial charge in [-0.25, -0.2) is 0 Å². The Bertz CT molecular complexity index is 724. The zero-order valence-corrected chi connectivity index (χ0v) is 16.8. The van der Waals surface area contributed by atoms with Crippen molar-refractivity contribution in [3.8, 4) is 0 Å². The molecule has 0 aliphatic carbocycles. The molecular formula is C22H20Br2. The van der Waals surface area contributed by atoms with E-state index in [0.717, 1.165) is 10.7 Å². The molecule has 122 valence electrons. The van der Waals surface area contributed by atoms with E-state index in [1.165, 1.54) is 33.4 Å². The van der Waals surface area contributed by atoms with E-state index in [4.69, 9.17) is 0 Å². The third kappa shape index (κ3) is 3.99. The molecule has 3 aromatic rings. The summed E-state index contributed by atoms with van der Waals surface area (Å²) in [5.41, 5.74) is 7.89. The maximum absolute atomic E-state index is 3.53. The second-order valence-corrected chi connectivity index (χ2v) is 7.22. The highest BCUT2D eigenvalue weighted by molar-refractivity contribution is 9.08. The zero-order valence-electron chi connectivity index (χ0n) is 13.7. The average Bonchev–Trinajstić information content (AvgIpc) is 2.64. The number of rotatable bonds is 5. The van der Waals surface area contributed by atoms with Crippen LogP contribution in [0.15, 0.2) is 72.8 Å². The van der Waals surface area contributed by atoms with E-state index in [9.17, 15) is 0 Å². The predicted molar refractivity (Wildman–Crippen MR) is 110 cm³/mol. The summed E-state index contributed by atoms with van der Waals surface area (Å²) in [5.74, 6) is 0.263. The molecule has 24 heavy (non-hydrogen) atoms. The minimum atomic E-state index is 0.263. The van der Waals surface area contributed by atoms with Gasteiger partial charge >= 0.3 is 0 Å². The van der Waals surface area contributed by atoms with Crippen molar-refractivity contribution >= 4 is 31.9 Å². The highest BCUT2D eigenvalue weighted by atomic mass is 79.9. The lowest BCUT2D eigenvalue weighted by Crippen LogP contribution is -2.04. The Morgan fingerprint density at radius 3 is 1.25 bits per heavy atom. The van der Waals surface area contributed by atoms with Crippen LogP contribution in [0.5, 0.6) is 0 Å². The van der Waals surface area contributed by atoms with Gasteiger partial charge in [0.2, 0.25) is 0 Å². The number of benzene rings is 3. The minimum absolute atomic E-state index is 0.263. The molecule has 0 unspecified atom stereocenters. The van der Waals surface area contributed by atoms with Gasteiger partial charge in [-0.1, -0.05) is 110 Å². The van der Waals surface area contributed by atoms with Crippen molar-refractivity contribution in [2.75, 3.05) is 0 Å². The number of alkyl halides is 2.